The van der Waals surface area contributed by atoms with Crippen LogP contribution in [0.5, 0.6) is 0 Å². The highest BCUT2D eigenvalue weighted by molar-refractivity contribution is 5.01. The molecule has 2 aliphatic heterocycles. The molecule has 17 heavy (non-hydrogen) atoms. The van der Waals surface area contributed by atoms with Crippen LogP contribution in [-0.2, 0) is 9.47 Å². The Balaban J connectivity index is 1.44. The van der Waals surface area contributed by atoms with Crippen molar-refractivity contribution in [2.24, 2.45) is 23.7 Å². The van der Waals surface area contributed by atoms with Crippen LogP contribution in [0.15, 0.2) is 0 Å². The zero-order valence-electron chi connectivity index (χ0n) is 10.8. The third-order valence-electron chi connectivity index (χ3n) is 5.96. The zero-order valence-corrected chi connectivity index (χ0v) is 10.8. The highest BCUT2D eigenvalue weighted by atomic mass is 16.5. The monoisotopic (exact) mass is 236 g/mol. The highest BCUT2D eigenvalue weighted by Crippen LogP contribution is 2.57. The van der Waals surface area contributed by atoms with E-state index < -0.39 is 0 Å². The Kier molecular flexibility index (Phi) is 2.52. The van der Waals surface area contributed by atoms with Crippen LogP contribution in [0.4, 0.5) is 0 Å². The van der Waals surface area contributed by atoms with E-state index in [9.17, 15) is 0 Å². The molecule has 2 aliphatic carbocycles. The van der Waals surface area contributed by atoms with Crippen LogP contribution in [0.2, 0.25) is 0 Å². The Morgan fingerprint density at radius 1 is 1.00 bits per heavy atom. The molecule has 0 aromatic heterocycles. The number of rotatable bonds is 2. The first-order valence-electron chi connectivity index (χ1n) is 7.58. The third kappa shape index (κ3) is 1.67. The molecule has 2 saturated heterocycles. The molecule has 2 heterocycles. The van der Waals surface area contributed by atoms with E-state index in [0.29, 0.717) is 18.3 Å². The van der Waals surface area contributed by atoms with E-state index in [2.05, 4.69) is 6.92 Å². The highest BCUT2D eigenvalue weighted by Gasteiger charge is 2.52. The summed E-state index contributed by atoms with van der Waals surface area (Å²) in [5.41, 5.74) is 0. The van der Waals surface area contributed by atoms with Crippen LogP contribution < -0.4 is 0 Å². The van der Waals surface area contributed by atoms with E-state index in [-0.39, 0.29) is 0 Å². The van der Waals surface area contributed by atoms with Crippen molar-refractivity contribution in [3.05, 3.63) is 0 Å². The first-order chi connectivity index (χ1) is 8.31. The van der Waals surface area contributed by atoms with Gasteiger partial charge in [-0.2, -0.15) is 0 Å². The van der Waals surface area contributed by atoms with Crippen molar-refractivity contribution in [1.82, 2.24) is 0 Å². The molecule has 2 saturated carbocycles. The maximum Gasteiger partial charge on any atom is 0.0621 e. The molecule has 4 fully saturated rings. The topological polar surface area (TPSA) is 18.5 Å². The first-order valence-corrected chi connectivity index (χ1v) is 7.58. The van der Waals surface area contributed by atoms with E-state index >= 15 is 0 Å². The number of fused-ring (bicyclic) bond motifs is 5. The molecule has 0 aromatic carbocycles. The summed E-state index contributed by atoms with van der Waals surface area (Å²) in [4.78, 5) is 0. The fraction of sp³-hybridized carbons (Fsp3) is 1.00. The van der Waals surface area contributed by atoms with Crippen molar-refractivity contribution in [2.75, 3.05) is 6.61 Å². The van der Waals surface area contributed by atoms with Gasteiger partial charge in [-0.25, -0.2) is 0 Å². The molecule has 7 atom stereocenters. The lowest BCUT2D eigenvalue weighted by atomic mass is 9.72. The van der Waals surface area contributed by atoms with Crippen molar-refractivity contribution < 1.29 is 9.47 Å². The molecule has 96 valence electrons. The maximum atomic E-state index is 6.28. The van der Waals surface area contributed by atoms with E-state index in [1.54, 1.807) is 0 Å². The Labute approximate surface area is 104 Å². The van der Waals surface area contributed by atoms with Crippen molar-refractivity contribution in [3.8, 4) is 0 Å². The minimum absolute atomic E-state index is 0.496. The molecule has 2 heteroatoms. The van der Waals surface area contributed by atoms with Gasteiger partial charge in [-0.05, 0) is 69.1 Å². The van der Waals surface area contributed by atoms with Gasteiger partial charge in [0.05, 0.1) is 18.3 Å². The molecule has 2 nitrogen and oxygen atoms in total. The van der Waals surface area contributed by atoms with Crippen LogP contribution in [0.25, 0.3) is 0 Å². The molecule has 0 spiro atoms. The predicted molar refractivity (Wildman–Crippen MR) is 65.7 cm³/mol. The summed E-state index contributed by atoms with van der Waals surface area (Å²) in [6.45, 7) is 3.30. The van der Waals surface area contributed by atoms with Gasteiger partial charge in [0.1, 0.15) is 0 Å². The molecule has 2 bridgehead atoms. The predicted octanol–water partition coefficient (Wildman–Crippen LogP) is 3.01. The SMILES string of the molecule is C[C@H]1OC(CC2CCO2)CC2C3CCC(C3)C21. The summed E-state index contributed by atoms with van der Waals surface area (Å²) in [7, 11) is 0. The lowest BCUT2D eigenvalue weighted by Gasteiger charge is -2.44. The molecule has 6 unspecified atom stereocenters. The zero-order chi connectivity index (χ0) is 11.4. The van der Waals surface area contributed by atoms with E-state index in [0.717, 1.165) is 36.7 Å². The molecule has 0 amide bonds. The molecule has 0 N–H and O–H groups in total. The first kappa shape index (κ1) is 10.8. The largest absolute Gasteiger partial charge is 0.378 e. The van der Waals surface area contributed by atoms with Gasteiger partial charge < -0.3 is 9.47 Å². The standard InChI is InChI=1S/C15H24O2/c1-9-15-11-3-2-10(6-11)14(15)8-13(17-9)7-12-4-5-16-12/h9-15H,2-8H2,1H3/t9-,10?,11?,12?,13?,14?,15?/m1/s1. The van der Waals surface area contributed by atoms with Crippen molar-refractivity contribution in [1.29, 1.82) is 0 Å². The summed E-state index contributed by atoms with van der Waals surface area (Å²) in [5.74, 6) is 3.93. The van der Waals surface area contributed by atoms with E-state index in [4.69, 9.17) is 9.47 Å². The molecule has 4 aliphatic rings. The molecule has 0 aromatic rings. The average Bonchev–Trinajstić information content (AvgIpc) is 2.84. The van der Waals surface area contributed by atoms with Gasteiger partial charge in [0.2, 0.25) is 0 Å². The normalized spacial score (nSPS) is 56.6. The number of hydrogen-bond acceptors (Lipinski definition) is 2. The van der Waals surface area contributed by atoms with E-state index in [1.165, 1.54) is 32.1 Å². The van der Waals surface area contributed by atoms with Crippen molar-refractivity contribution in [2.45, 2.75) is 63.8 Å². The summed E-state index contributed by atoms with van der Waals surface area (Å²) in [5, 5.41) is 0. The smallest absolute Gasteiger partial charge is 0.0621 e. The molecular formula is C15H24O2. The second-order valence-electron chi connectivity index (χ2n) is 6.79. The van der Waals surface area contributed by atoms with Crippen molar-refractivity contribution in [3.63, 3.8) is 0 Å². The minimum Gasteiger partial charge on any atom is -0.378 e. The Hall–Kier alpha value is -0.0800. The van der Waals surface area contributed by atoms with Gasteiger partial charge in [-0.1, -0.05) is 0 Å². The average molecular weight is 236 g/mol. The summed E-state index contributed by atoms with van der Waals surface area (Å²) in [6, 6.07) is 0. The van der Waals surface area contributed by atoms with Gasteiger partial charge in [-0.3, -0.25) is 0 Å². The second kappa shape index (κ2) is 3.96. The lowest BCUT2D eigenvalue weighted by molar-refractivity contribution is -0.147. The quantitative estimate of drug-likeness (QED) is 0.734. The summed E-state index contributed by atoms with van der Waals surface area (Å²) >= 11 is 0. The van der Waals surface area contributed by atoms with Crippen LogP contribution >= 0.6 is 0 Å². The second-order valence-corrected chi connectivity index (χ2v) is 6.79. The fourth-order valence-corrected chi connectivity index (χ4v) is 5.20. The van der Waals surface area contributed by atoms with E-state index in [1.807, 2.05) is 0 Å². The Morgan fingerprint density at radius 3 is 2.59 bits per heavy atom. The van der Waals surface area contributed by atoms with Gasteiger partial charge in [0.15, 0.2) is 0 Å². The Morgan fingerprint density at radius 2 is 1.82 bits per heavy atom. The van der Waals surface area contributed by atoms with Gasteiger partial charge in [0, 0.05) is 6.61 Å². The molecular weight excluding hydrogens is 212 g/mol. The third-order valence-corrected chi connectivity index (χ3v) is 5.96. The summed E-state index contributed by atoms with van der Waals surface area (Å²) < 4.78 is 11.8. The van der Waals surface area contributed by atoms with Crippen LogP contribution in [0, 0.1) is 23.7 Å². The fourth-order valence-electron chi connectivity index (χ4n) is 5.20. The Bertz CT molecular complexity index is 299. The number of hydrogen-bond donors (Lipinski definition) is 0. The van der Waals surface area contributed by atoms with Crippen LogP contribution in [-0.4, -0.2) is 24.9 Å². The summed E-state index contributed by atoms with van der Waals surface area (Å²) in [6.07, 6.45) is 9.76. The van der Waals surface area contributed by atoms with Crippen LogP contribution in [0.3, 0.4) is 0 Å². The van der Waals surface area contributed by atoms with Gasteiger partial charge >= 0.3 is 0 Å². The number of ether oxygens (including phenoxy) is 2. The van der Waals surface area contributed by atoms with Gasteiger partial charge in [-0.15, -0.1) is 0 Å². The minimum atomic E-state index is 0.496. The van der Waals surface area contributed by atoms with Crippen molar-refractivity contribution >= 4 is 0 Å². The lowest BCUT2D eigenvalue weighted by Crippen LogP contribution is -2.44. The molecule has 0 radical (unpaired) electrons. The van der Waals surface area contributed by atoms with Gasteiger partial charge in [0.25, 0.3) is 0 Å². The maximum absolute atomic E-state index is 6.28. The molecule has 4 rings (SSSR count). The van der Waals surface area contributed by atoms with Crippen LogP contribution in [0.1, 0.15) is 45.4 Å².